The van der Waals surface area contributed by atoms with Crippen molar-refractivity contribution in [2.24, 2.45) is 5.92 Å². The van der Waals surface area contributed by atoms with Crippen LogP contribution in [0.5, 0.6) is 0 Å². The molecule has 0 aromatic carbocycles. The van der Waals surface area contributed by atoms with E-state index < -0.39 is 0 Å². The molecule has 1 saturated carbocycles. The number of hydrogen-bond donors (Lipinski definition) is 1. The van der Waals surface area contributed by atoms with Gasteiger partial charge in [0.05, 0.1) is 6.61 Å². The number of ether oxygens (including phenoxy) is 1. The highest BCUT2D eigenvalue weighted by Crippen LogP contribution is 2.36. The van der Waals surface area contributed by atoms with Crippen molar-refractivity contribution in [3.8, 4) is 0 Å². The van der Waals surface area contributed by atoms with E-state index in [0.29, 0.717) is 30.5 Å². The first-order chi connectivity index (χ1) is 10.2. The molecule has 1 heterocycles. The Balaban J connectivity index is 2.18. The van der Waals surface area contributed by atoms with E-state index in [4.69, 9.17) is 16.3 Å². The van der Waals surface area contributed by atoms with E-state index in [2.05, 4.69) is 39.0 Å². The molecule has 1 fully saturated rings. The molecule has 1 unspecified atom stereocenters. The van der Waals surface area contributed by atoms with Gasteiger partial charge in [-0.3, -0.25) is 0 Å². The lowest BCUT2D eigenvalue weighted by atomic mass is 10.2. The highest BCUT2D eigenvalue weighted by Gasteiger charge is 2.33. The average molecular weight is 314 g/mol. The van der Waals surface area contributed by atoms with Crippen LogP contribution in [0.25, 0.3) is 0 Å². The van der Waals surface area contributed by atoms with E-state index in [1.807, 2.05) is 0 Å². The molecule has 0 spiro atoms. The van der Waals surface area contributed by atoms with Crippen molar-refractivity contribution in [3.63, 3.8) is 0 Å². The van der Waals surface area contributed by atoms with Crippen LogP contribution >= 0.6 is 11.6 Å². The Morgan fingerprint density at radius 1 is 1.38 bits per heavy atom. The number of hydrogen-bond acceptors (Lipinski definition) is 6. The van der Waals surface area contributed by atoms with E-state index in [1.54, 1.807) is 7.11 Å². The topological polar surface area (TPSA) is 63.2 Å². The minimum Gasteiger partial charge on any atom is -0.383 e. The number of halogens is 1. The number of methoxy groups -OCH3 is 1. The zero-order valence-corrected chi connectivity index (χ0v) is 13.7. The zero-order chi connectivity index (χ0) is 15.2. The Kier molecular flexibility index (Phi) is 5.99. The fourth-order valence-electron chi connectivity index (χ4n) is 2.29. The molecular weight excluding hydrogens is 290 g/mol. The number of aromatic nitrogens is 3. The van der Waals surface area contributed by atoms with E-state index in [0.717, 1.165) is 19.5 Å². The van der Waals surface area contributed by atoms with Crippen molar-refractivity contribution >= 4 is 23.5 Å². The number of rotatable bonds is 9. The third kappa shape index (κ3) is 4.68. The SMILES string of the molecule is CCCNc1nc(Cl)nc(N(CCOC)C(C)C2CC2)n1. The number of nitrogens with one attached hydrogen (secondary N) is 1. The number of nitrogens with zero attached hydrogens (tertiary/aromatic N) is 4. The molecule has 0 amide bonds. The summed E-state index contributed by atoms with van der Waals surface area (Å²) in [6, 6.07) is 0.387. The van der Waals surface area contributed by atoms with Crippen LogP contribution < -0.4 is 10.2 Å². The Hall–Kier alpha value is -1.14. The summed E-state index contributed by atoms with van der Waals surface area (Å²) in [5, 5.41) is 3.39. The molecule has 0 radical (unpaired) electrons. The summed E-state index contributed by atoms with van der Waals surface area (Å²) in [7, 11) is 1.70. The van der Waals surface area contributed by atoms with E-state index in [-0.39, 0.29) is 5.28 Å². The van der Waals surface area contributed by atoms with Gasteiger partial charge in [-0.05, 0) is 43.7 Å². The van der Waals surface area contributed by atoms with Gasteiger partial charge in [-0.2, -0.15) is 15.0 Å². The van der Waals surface area contributed by atoms with Crippen molar-refractivity contribution in [2.75, 3.05) is 37.0 Å². The average Bonchev–Trinajstić information content (AvgIpc) is 3.29. The first kappa shape index (κ1) is 16.2. The van der Waals surface area contributed by atoms with Gasteiger partial charge >= 0.3 is 0 Å². The van der Waals surface area contributed by atoms with Crippen molar-refractivity contribution in [1.29, 1.82) is 0 Å². The van der Waals surface area contributed by atoms with Gasteiger partial charge < -0.3 is 15.0 Å². The zero-order valence-electron chi connectivity index (χ0n) is 13.0. The Labute approximate surface area is 131 Å². The smallest absolute Gasteiger partial charge is 0.231 e. The van der Waals surface area contributed by atoms with Crippen LogP contribution in [0.3, 0.4) is 0 Å². The molecule has 0 saturated heterocycles. The first-order valence-electron chi connectivity index (χ1n) is 7.56. The molecular formula is C14H24ClN5O. The monoisotopic (exact) mass is 313 g/mol. The second-order valence-corrected chi connectivity index (χ2v) is 5.76. The molecule has 1 aliphatic rings. The van der Waals surface area contributed by atoms with Crippen LogP contribution in [-0.4, -0.2) is 47.8 Å². The third-order valence-electron chi connectivity index (χ3n) is 3.72. The molecule has 1 atom stereocenters. The summed E-state index contributed by atoms with van der Waals surface area (Å²) in [4.78, 5) is 15.1. The maximum Gasteiger partial charge on any atom is 0.231 e. The number of anilines is 2. The molecule has 2 rings (SSSR count). The quantitative estimate of drug-likeness (QED) is 0.756. The van der Waals surface area contributed by atoms with E-state index in [9.17, 15) is 0 Å². The van der Waals surface area contributed by atoms with E-state index in [1.165, 1.54) is 12.8 Å². The summed E-state index contributed by atoms with van der Waals surface area (Å²) >= 11 is 6.05. The van der Waals surface area contributed by atoms with Crippen LogP contribution in [-0.2, 0) is 4.74 Å². The van der Waals surface area contributed by atoms with Crippen molar-refractivity contribution in [2.45, 2.75) is 39.2 Å². The van der Waals surface area contributed by atoms with Crippen LogP contribution in [0.2, 0.25) is 5.28 Å². The molecule has 0 aliphatic heterocycles. The first-order valence-corrected chi connectivity index (χ1v) is 7.94. The van der Waals surface area contributed by atoms with Crippen LogP contribution in [0.1, 0.15) is 33.1 Å². The van der Waals surface area contributed by atoms with Gasteiger partial charge in [0.15, 0.2) is 0 Å². The summed E-state index contributed by atoms with van der Waals surface area (Å²) in [5.41, 5.74) is 0. The minimum absolute atomic E-state index is 0.226. The normalized spacial score (nSPS) is 15.8. The maximum atomic E-state index is 6.05. The highest BCUT2D eigenvalue weighted by molar-refractivity contribution is 6.28. The van der Waals surface area contributed by atoms with Gasteiger partial charge in [-0.1, -0.05) is 6.92 Å². The Morgan fingerprint density at radius 3 is 2.76 bits per heavy atom. The predicted octanol–water partition coefficient (Wildman–Crippen LogP) is 2.60. The van der Waals surface area contributed by atoms with Crippen LogP contribution in [0, 0.1) is 5.92 Å². The van der Waals surface area contributed by atoms with Gasteiger partial charge in [0.1, 0.15) is 0 Å². The Morgan fingerprint density at radius 2 is 2.14 bits per heavy atom. The molecule has 6 nitrogen and oxygen atoms in total. The van der Waals surface area contributed by atoms with Crippen molar-refractivity contribution < 1.29 is 4.74 Å². The molecule has 1 aromatic rings. The summed E-state index contributed by atoms with van der Waals surface area (Å²) in [6.45, 7) is 6.51. The molecule has 1 aromatic heterocycles. The molecule has 1 N–H and O–H groups in total. The second-order valence-electron chi connectivity index (χ2n) is 5.42. The van der Waals surface area contributed by atoms with Crippen molar-refractivity contribution in [3.05, 3.63) is 5.28 Å². The Bertz CT molecular complexity index is 455. The highest BCUT2D eigenvalue weighted by atomic mass is 35.5. The largest absolute Gasteiger partial charge is 0.383 e. The maximum absolute atomic E-state index is 6.05. The van der Waals surface area contributed by atoms with Gasteiger partial charge in [0.2, 0.25) is 17.2 Å². The van der Waals surface area contributed by atoms with Gasteiger partial charge in [-0.15, -0.1) is 0 Å². The molecule has 0 bridgehead atoms. The lowest BCUT2D eigenvalue weighted by Gasteiger charge is -2.29. The summed E-state index contributed by atoms with van der Waals surface area (Å²) in [6.07, 6.45) is 3.54. The minimum atomic E-state index is 0.226. The van der Waals surface area contributed by atoms with Crippen LogP contribution in [0.4, 0.5) is 11.9 Å². The molecule has 21 heavy (non-hydrogen) atoms. The standard InChI is InChI=1S/C14H24ClN5O/c1-4-7-16-13-17-12(15)18-14(19-13)20(8-9-21-3)10(2)11-5-6-11/h10-11H,4-9H2,1-3H3,(H,16,17,18,19). The molecule has 118 valence electrons. The van der Waals surface area contributed by atoms with Gasteiger partial charge in [0, 0.05) is 26.2 Å². The van der Waals surface area contributed by atoms with Crippen molar-refractivity contribution in [1.82, 2.24) is 15.0 Å². The molecule has 1 aliphatic carbocycles. The van der Waals surface area contributed by atoms with Gasteiger partial charge in [-0.25, -0.2) is 0 Å². The van der Waals surface area contributed by atoms with Crippen LogP contribution in [0.15, 0.2) is 0 Å². The fraction of sp³-hybridized carbons (Fsp3) is 0.786. The van der Waals surface area contributed by atoms with Gasteiger partial charge in [0.25, 0.3) is 0 Å². The molecule has 7 heteroatoms. The lowest BCUT2D eigenvalue weighted by Crippen LogP contribution is -2.38. The summed E-state index contributed by atoms with van der Waals surface area (Å²) < 4.78 is 5.21. The third-order valence-corrected chi connectivity index (χ3v) is 3.89. The lowest BCUT2D eigenvalue weighted by molar-refractivity contribution is 0.202. The summed E-state index contributed by atoms with van der Waals surface area (Å²) in [5.74, 6) is 1.88. The second kappa shape index (κ2) is 7.75. The fourth-order valence-corrected chi connectivity index (χ4v) is 2.45. The van der Waals surface area contributed by atoms with E-state index >= 15 is 0 Å². The predicted molar refractivity (Wildman–Crippen MR) is 85.0 cm³/mol.